The number of nitrogens with one attached hydrogen (secondary N) is 1. The number of carbonyl (C=O) groups is 4. The number of likely N-dealkylation sites (tertiary alicyclic amines) is 2. The van der Waals surface area contributed by atoms with E-state index >= 15 is 0 Å². The van der Waals surface area contributed by atoms with Crippen LogP contribution < -0.4 is 5.32 Å². The van der Waals surface area contributed by atoms with Crippen LogP contribution in [-0.4, -0.2) is 58.6 Å². The maximum Gasteiger partial charge on any atom is 0.229 e. The molecule has 2 heterocycles. The summed E-state index contributed by atoms with van der Waals surface area (Å²) in [5.74, 6) is -0.0887. The first kappa shape index (κ1) is 31.5. The first-order valence-electron chi connectivity index (χ1n) is 15.4. The fourth-order valence-electron chi connectivity index (χ4n) is 5.79. The van der Waals surface area contributed by atoms with E-state index in [-0.39, 0.29) is 35.7 Å². The SMILES string of the molecule is CCCCCCCCC(CCNCCC(CCCCCCCC)N1C(=O)CCC1=O)N1C(=O)CCC1=O. The summed E-state index contributed by atoms with van der Waals surface area (Å²) in [5.41, 5.74) is 0. The van der Waals surface area contributed by atoms with Crippen LogP contribution in [0.4, 0.5) is 0 Å². The largest absolute Gasteiger partial charge is 0.317 e. The Morgan fingerprint density at radius 3 is 1.19 bits per heavy atom. The number of hydrogen-bond acceptors (Lipinski definition) is 5. The van der Waals surface area contributed by atoms with Gasteiger partial charge in [-0.3, -0.25) is 29.0 Å². The molecule has 2 rings (SSSR count). The molecule has 4 amide bonds. The van der Waals surface area contributed by atoms with Gasteiger partial charge in [-0.1, -0.05) is 90.9 Å². The van der Waals surface area contributed by atoms with Crippen LogP contribution in [0, 0.1) is 0 Å². The minimum atomic E-state index is -0.0261. The number of imide groups is 2. The molecule has 0 aromatic rings. The van der Waals surface area contributed by atoms with Crippen molar-refractivity contribution < 1.29 is 19.2 Å². The summed E-state index contributed by atoms with van der Waals surface area (Å²) in [6.45, 7) is 5.88. The second-order valence-corrected chi connectivity index (χ2v) is 11.1. The lowest BCUT2D eigenvalue weighted by atomic mass is 10.0. The van der Waals surface area contributed by atoms with Crippen LogP contribution in [0.25, 0.3) is 0 Å². The Bertz CT molecular complexity index is 621. The molecule has 0 bridgehead atoms. The lowest BCUT2D eigenvalue weighted by Crippen LogP contribution is -2.42. The van der Waals surface area contributed by atoms with Gasteiger partial charge in [0.15, 0.2) is 0 Å². The lowest BCUT2D eigenvalue weighted by Gasteiger charge is -2.28. The average Bonchev–Trinajstić information content (AvgIpc) is 3.40. The van der Waals surface area contributed by atoms with Crippen LogP contribution in [0.15, 0.2) is 0 Å². The lowest BCUT2D eigenvalue weighted by molar-refractivity contribution is -0.143. The van der Waals surface area contributed by atoms with Crippen LogP contribution >= 0.6 is 0 Å². The fraction of sp³-hybridized carbons (Fsp3) is 0.867. The highest BCUT2D eigenvalue weighted by Crippen LogP contribution is 2.23. The predicted octanol–water partition coefficient (Wildman–Crippen LogP) is 5.89. The van der Waals surface area contributed by atoms with E-state index in [9.17, 15) is 19.2 Å². The Kier molecular flexibility index (Phi) is 15.7. The summed E-state index contributed by atoms with van der Waals surface area (Å²) in [4.78, 5) is 52.6. The molecule has 2 aliphatic rings. The van der Waals surface area contributed by atoms with Crippen molar-refractivity contribution in [2.24, 2.45) is 0 Å². The molecule has 37 heavy (non-hydrogen) atoms. The Morgan fingerprint density at radius 2 is 0.838 bits per heavy atom. The van der Waals surface area contributed by atoms with Crippen molar-refractivity contribution >= 4 is 23.6 Å². The van der Waals surface area contributed by atoms with Gasteiger partial charge in [-0.15, -0.1) is 0 Å². The van der Waals surface area contributed by atoms with Gasteiger partial charge in [0.2, 0.25) is 23.6 Å². The summed E-state index contributed by atoms with van der Waals surface area (Å²) >= 11 is 0. The molecule has 0 saturated carbocycles. The van der Waals surface area contributed by atoms with Gasteiger partial charge in [0.1, 0.15) is 0 Å². The van der Waals surface area contributed by atoms with Crippen molar-refractivity contribution in [3.05, 3.63) is 0 Å². The summed E-state index contributed by atoms with van der Waals surface area (Å²) in [5, 5.41) is 3.49. The van der Waals surface area contributed by atoms with E-state index in [0.717, 1.165) is 64.5 Å². The molecule has 0 aromatic carbocycles. The highest BCUT2D eigenvalue weighted by molar-refractivity contribution is 6.02. The van der Waals surface area contributed by atoms with E-state index in [1.807, 2.05) is 0 Å². The number of unbranched alkanes of at least 4 members (excludes halogenated alkanes) is 10. The summed E-state index contributed by atoms with van der Waals surface area (Å²) in [6, 6.07) is -0.0522. The van der Waals surface area contributed by atoms with Crippen LogP contribution in [0.2, 0.25) is 0 Å². The van der Waals surface area contributed by atoms with E-state index in [0.29, 0.717) is 25.7 Å². The van der Waals surface area contributed by atoms with Gasteiger partial charge in [-0.05, 0) is 38.8 Å². The minimum Gasteiger partial charge on any atom is -0.317 e. The number of nitrogens with zero attached hydrogens (tertiary/aromatic N) is 2. The Balaban J connectivity index is 1.79. The highest BCUT2D eigenvalue weighted by Gasteiger charge is 2.35. The molecule has 2 unspecified atom stereocenters. The number of hydrogen-bond donors (Lipinski definition) is 1. The molecule has 0 aliphatic carbocycles. The topological polar surface area (TPSA) is 86.8 Å². The fourth-order valence-corrected chi connectivity index (χ4v) is 5.79. The van der Waals surface area contributed by atoms with Crippen LogP contribution in [0.5, 0.6) is 0 Å². The molecule has 2 atom stereocenters. The molecular weight excluding hydrogens is 466 g/mol. The zero-order valence-electron chi connectivity index (χ0n) is 23.7. The van der Waals surface area contributed by atoms with E-state index in [2.05, 4.69) is 19.2 Å². The van der Waals surface area contributed by atoms with Crippen molar-refractivity contribution in [2.75, 3.05) is 13.1 Å². The van der Waals surface area contributed by atoms with Crippen molar-refractivity contribution in [1.82, 2.24) is 15.1 Å². The van der Waals surface area contributed by atoms with E-state index < -0.39 is 0 Å². The first-order valence-corrected chi connectivity index (χ1v) is 15.4. The van der Waals surface area contributed by atoms with Gasteiger partial charge in [-0.25, -0.2) is 0 Å². The van der Waals surface area contributed by atoms with Crippen molar-refractivity contribution in [3.8, 4) is 0 Å². The molecule has 212 valence electrons. The summed E-state index contributed by atoms with van der Waals surface area (Å²) in [7, 11) is 0. The number of amides is 4. The predicted molar refractivity (Wildman–Crippen MR) is 148 cm³/mol. The Labute approximate surface area is 225 Å². The average molecular weight is 520 g/mol. The second kappa shape index (κ2) is 18.5. The van der Waals surface area contributed by atoms with Crippen molar-refractivity contribution in [1.29, 1.82) is 0 Å². The van der Waals surface area contributed by atoms with Crippen LogP contribution in [-0.2, 0) is 19.2 Å². The maximum absolute atomic E-state index is 12.4. The molecule has 0 radical (unpaired) electrons. The normalized spacial score (nSPS) is 17.9. The third-order valence-electron chi connectivity index (χ3n) is 8.00. The van der Waals surface area contributed by atoms with E-state index in [1.54, 1.807) is 0 Å². The van der Waals surface area contributed by atoms with Gasteiger partial charge in [0, 0.05) is 37.8 Å². The molecule has 0 spiro atoms. The van der Waals surface area contributed by atoms with Gasteiger partial charge < -0.3 is 5.32 Å². The third-order valence-corrected chi connectivity index (χ3v) is 8.00. The van der Waals surface area contributed by atoms with Crippen molar-refractivity contribution in [2.45, 2.75) is 154 Å². The summed E-state index contributed by atoms with van der Waals surface area (Å²) in [6.07, 6.45) is 19.0. The van der Waals surface area contributed by atoms with E-state index in [4.69, 9.17) is 0 Å². The third kappa shape index (κ3) is 11.3. The molecule has 7 nitrogen and oxygen atoms in total. The Morgan fingerprint density at radius 1 is 0.514 bits per heavy atom. The highest BCUT2D eigenvalue weighted by atomic mass is 16.2. The zero-order chi connectivity index (χ0) is 26.9. The van der Waals surface area contributed by atoms with Crippen LogP contribution in [0.3, 0.4) is 0 Å². The zero-order valence-corrected chi connectivity index (χ0v) is 23.7. The standard InChI is InChI=1S/C30H53N3O4/c1-3-5-7-9-11-13-15-25(32-27(34)17-18-28(32)35)21-23-31-24-22-26(16-14-12-10-8-6-4-2)33-29(36)19-20-30(33)37/h25-26,31H,3-24H2,1-2H3. The summed E-state index contributed by atoms with van der Waals surface area (Å²) < 4.78 is 0. The Hall–Kier alpha value is -1.76. The minimum absolute atomic E-state index is 0.0222. The second-order valence-electron chi connectivity index (χ2n) is 11.1. The van der Waals surface area contributed by atoms with Crippen LogP contribution in [0.1, 0.15) is 142 Å². The molecule has 2 saturated heterocycles. The molecule has 2 aliphatic heterocycles. The van der Waals surface area contributed by atoms with E-state index in [1.165, 1.54) is 61.2 Å². The van der Waals surface area contributed by atoms with Gasteiger partial charge >= 0.3 is 0 Å². The first-order chi connectivity index (χ1) is 18.0. The van der Waals surface area contributed by atoms with Gasteiger partial charge in [-0.2, -0.15) is 0 Å². The van der Waals surface area contributed by atoms with Gasteiger partial charge in [0.05, 0.1) is 0 Å². The number of carbonyl (C=O) groups excluding carboxylic acids is 4. The molecule has 2 fully saturated rings. The van der Waals surface area contributed by atoms with Gasteiger partial charge in [0.25, 0.3) is 0 Å². The number of rotatable bonds is 22. The molecular formula is C30H53N3O4. The smallest absolute Gasteiger partial charge is 0.229 e. The van der Waals surface area contributed by atoms with Crippen molar-refractivity contribution in [3.63, 3.8) is 0 Å². The molecule has 1 N–H and O–H groups in total. The maximum atomic E-state index is 12.4. The monoisotopic (exact) mass is 519 g/mol. The molecule has 7 heteroatoms. The quantitative estimate of drug-likeness (QED) is 0.142. The molecule has 0 aromatic heterocycles.